The third kappa shape index (κ3) is 5.05. The first-order chi connectivity index (χ1) is 11.0. The summed E-state index contributed by atoms with van der Waals surface area (Å²) in [6.45, 7) is 0.971. The summed E-state index contributed by atoms with van der Waals surface area (Å²) in [5.74, 6) is 0.371. The van der Waals surface area contributed by atoms with Gasteiger partial charge in [0.15, 0.2) is 0 Å². The predicted molar refractivity (Wildman–Crippen MR) is 91.6 cm³/mol. The Hall–Kier alpha value is -1.91. The number of hydrogen-bond acceptors (Lipinski definition) is 3. The molecule has 0 bridgehead atoms. The van der Waals surface area contributed by atoms with E-state index in [2.05, 4.69) is 0 Å². The van der Waals surface area contributed by atoms with Gasteiger partial charge in [-0.1, -0.05) is 23.2 Å². The molecule has 2 aromatic carbocycles. The smallest absolute Gasteiger partial charge is 0.257 e. The maximum atomic E-state index is 12.3. The largest absolute Gasteiger partial charge is 0.507 e. The fourth-order valence-electron chi connectivity index (χ4n) is 2.01. The summed E-state index contributed by atoms with van der Waals surface area (Å²) in [6.07, 6.45) is 0.659. The Morgan fingerprint density at radius 1 is 1.13 bits per heavy atom. The van der Waals surface area contributed by atoms with Gasteiger partial charge in [0.1, 0.15) is 11.5 Å². The number of aromatic hydroxyl groups is 1. The number of phenols is 1. The minimum Gasteiger partial charge on any atom is -0.507 e. The average Bonchev–Trinajstić information content (AvgIpc) is 2.54. The Balaban J connectivity index is 1.82. The summed E-state index contributed by atoms with van der Waals surface area (Å²) < 4.78 is 5.57. The SMILES string of the molecule is CN(CCCOc1ccc(Cl)cc1)C(=O)c1cc(Cl)ccc1O. The second-order valence-electron chi connectivity index (χ2n) is 5.04. The highest BCUT2D eigenvalue weighted by Crippen LogP contribution is 2.22. The quantitative estimate of drug-likeness (QED) is 0.790. The molecule has 2 rings (SSSR count). The van der Waals surface area contributed by atoms with E-state index in [9.17, 15) is 9.90 Å². The topological polar surface area (TPSA) is 49.8 Å². The highest BCUT2D eigenvalue weighted by Gasteiger charge is 2.16. The first-order valence-electron chi connectivity index (χ1n) is 7.09. The van der Waals surface area contributed by atoms with Crippen molar-refractivity contribution in [1.29, 1.82) is 0 Å². The van der Waals surface area contributed by atoms with E-state index >= 15 is 0 Å². The van der Waals surface area contributed by atoms with Gasteiger partial charge < -0.3 is 14.7 Å². The molecule has 4 nitrogen and oxygen atoms in total. The van der Waals surface area contributed by atoms with Gasteiger partial charge in [-0.2, -0.15) is 0 Å². The van der Waals surface area contributed by atoms with E-state index in [0.717, 1.165) is 5.75 Å². The van der Waals surface area contributed by atoms with Crippen molar-refractivity contribution in [2.24, 2.45) is 0 Å². The molecule has 0 aliphatic carbocycles. The molecule has 0 heterocycles. The van der Waals surface area contributed by atoms with Crippen molar-refractivity contribution in [2.45, 2.75) is 6.42 Å². The maximum Gasteiger partial charge on any atom is 0.257 e. The minimum atomic E-state index is -0.281. The Morgan fingerprint density at radius 3 is 2.48 bits per heavy atom. The van der Waals surface area contributed by atoms with Crippen LogP contribution < -0.4 is 4.74 Å². The lowest BCUT2D eigenvalue weighted by atomic mass is 10.1. The van der Waals surface area contributed by atoms with Gasteiger partial charge in [0, 0.05) is 23.6 Å². The van der Waals surface area contributed by atoms with Crippen LogP contribution in [0.25, 0.3) is 0 Å². The van der Waals surface area contributed by atoms with E-state index in [1.54, 1.807) is 31.3 Å². The molecule has 0 saturated carbocycles. The molecule has 0 aliphatic rings. The molecule has 122 valence electrons. The van der Waals surface area contributed by atoms with Crippen molar-refractivity contribution in [3.63, 3.8) is 0 Å². The maximum absolute atomic E-state index is 12.3. The van der Waals surface area contributed by atoms with Gasteiger partial charge in [0.05, 0.1) is 12.2 Å². The molecule has 0 atom stereocenters. The van der Waals surface area contributed by atoms with Crippen LogP contribution in [0.2, 0.25) is 10.0 Å². The van der Waals surface area contributed by atoms with E-state index in [1.807, 2.05) is 0 Å². The van der Waals surface area contributed by atoms with Gasteiger partial charge >= 0.3 is 0 Å². The number of benzene rings is 2. The van der Waals surface area contributed by atoms with Crippen molar-refractivity contribution in [2.75, 3.05) is 20.2 Å². The minimum absolute atomic E-state index is 0.0799. The van der Waals surface area contributed by atoms with Crippen LogP contribution in [0.3, 0.4) is 0 Å². The lowest BCUT2D eigenvalue weighted by Crippen LogP contribution is -2.28. The second-order valence-corrected chi connectivity index (χ2v) is 5.92. The molecule has 0 unspecified atom stereocenters. The molecular weight excluding hydrogens is 337 g/mol. The van der Waals surface area contributed by atoms with Crippen LogP contribution in [0, 0.1) is 0 Å². The third-order valence-electron chi connectivity index (χ3n) is 3.26. The lowest BCUT2D eigenvalue weighted by Gasteiger charge is -2.18. The highest BCUT2D eigenvalue weighted by atomic mass is 35.5. The molecule has 1 N–H and O–H groups in total. The Morgan fingerprint density at radius 2 is 1.78 bits per heavy atom. The zero-order chi connectivity index (χ0) is 16.8. The number of halogens is 2. The number of rotatable bonds is 6. The van der Waals surface area contributed by atoms with Crippen molar-refractivity contribution in [1.82, 2.24) is 4.90 Å². The van der Waals surface area contributed by atoms with Gasteiger partial charge in [-0.3, -0.25) is 4.79 Å². The van der Waals surface area contributed by atoms with Crippen molar-refractivity contribution in [3.8, 4) is 11.5 Å². The van der Waals surface area contributed by atoms with Crippen LogP contribution in [0.5, 0.6) is 11.5 Å². The van der Waals surface area contributed by atoms with E-state index in [0.29, 0.717) is 29.6 Å². The number of hydrogen-bond donors (Lipinski definition) is 1. The van der Waals surface area contributed by atoms with E-state index < -0.39 is 0 Å². The molecule has 0 saturated heterocycles. The van der Waals surface area contributed by atoms with Gasteiger partial charge in [0.2, 0.25) is 0 Å². The van der Waals surface area contributed by atoms with Crippen LogP contribution in [0.1, 0.15) is 16.8 Å². The number of amides is 1. The summed E-state index contributed by atoms with van der Waals surface area (Å²) in [5, 5.41) is 10.8. The van der Waals surface area contributed by atoms with Gasteiger partial charge in [-0.15, -0.1) is 0 Å². The second kappa shape index (κ2) is 8.09. The molecule has 0 radical (unpaired) electrons. The molecule has 6 heteroatoms. The fourth-order valence-corrected chi connectivity index (χ4v) is 2.31. The summed E-state index contributed by atoms with van der Waals surface area (Å²) in [5.41, 5.74) is 0.193. The first-order valence-corrected chi connectivity index (χ1v) is 7.85. The summed E-state index contributed by atoms with van der Waals surface area (Å²) in [4.78, 5) is 13.8. The lowest BCUT2D eigenvalue weighted by molar-refractivity contribution is 0.0785. The fraction of sp³-hybridized carbons (Fsp3) is 0.235. The van der Waals surface area contributed by atoms with Crippen LogP contribution in [0.15, 0.2) is 42.5 Å². The summed E-state index contributed by atoms with van der Waals surface area (Å²) in [6, 6.07) is 11.5. The molecule has 0 spiro atoms. The van der Waals surface area contributed by atoms with Crippen molar-refractivity contribution in [3.05, 3.63) is 58.1 Å². The number of nitrogens with zero attached hydrogens (tertiary/aromatic N) is 1. The first kappa shape index (κ1) is 17.4. The Labute approximate surface area is 145 Å². The van der Waals surface area contributed by atoms with E-state index in [1.165, 1.54) is 23.1 Å². The molecular formula is C17H17Cl2NO3. The van der Waals surface area contributed by atoms with Crippen LogP contribution in [-0.2, 0) is 0 Å². The van der Waals surface area contributed by atoms with Crippen LogP contribution in [0.4, 0.5) is 0 Å². The molecule has 0 aromatic heterocycles. The summed E-state index contributed by atoms with van der Waals surface area (Å²) in [7, 11) is 1.67. The predicted octanol–water partition coefficient (Wildman–Crippen LogP) is 4.24. The number of carbonyl (C=O) groups excluding carboxylic acids is 1. The number of ether oxygens (including phenoxy) is 1. The number of carbonyl (C=O) groups is 1. The Bertz CT molecular complexity index is 674. The number of phenolic OH excluding ortho intramolecular Hbond substituents is 1. The van der Waals surface area contributed by atoms with Gasteiger partial charge in [-0.25, -0.2) is 0 Å². The molecule has 1 amide bonds. The molecule has 23 heavy (non-hydrogen) atoms. The van der Waals surface area contributed by atoms with Crippen LogP contribution >= 0.6 is 23.2 Å². The molecule has 0 fully saturated rings. The van der Waals surface area contributed by atoms with Crippen molar-refractivity contribution < 1.29 is 14.6 Å². The highest BCUT2D eigenvalue weighted by molar-refractivity contribution is 6.31. The summed E-state index contributed by atoms with van der Waals surface area (Å²) >= 11 is 11.7. The molecule has 2 aromatic rings. The third-order valence-corrected chi connectivity index (χ3v) is 3.74. The standard InChI is InChI=1S/C17H17Cl2NO3/c1-20(17(22)15-11-13(19)5-8-16(15)21)9-2-10-23-14-6-3-12(18)4-7-14/h3-8,11,21H,2,9-10H2,1H3. The van der Waals surface area contributed by atoms with Crippen LogP contribution in [-0.4, -0.2) is 36.1 Å². The zero-order valence-electron chi connectivity index (χ0n) is 12.6. The average molecular weight is 354 g/mol. The van der Waals surface area contributed by atoms with E-state index in [4.69, 9.17) is 27.9 Å². The zero-order valence-corrected chi connectivity index (χ0v) is 14.1. The van der Waals surface area contributed by atoms with E-state index in [-0.39, 0.29) is 17.2 Å². The Kier molecular flexibility index (Phi) is 6.13. The molecule has 0 aliphatic heterocycles. The normalized spacial score (nSPS) is 10.4. The monoisotopic (exact) mass is 353 g/mol. The van der Waals surface area contributed by atoms with Gasteiger partial charge in [-0.05, 0) is 48.9 Å². The van der Waals surface area contributed by atoms with Gasteiger partial charge in [0.25, 0.3) is 5.91 Å². The van der Waals surface area contributed by atoms with Crippen molar-refractivity contribution >= 4 is 29.1 Å².